The average Bonchev–Trinajstić information content (AvgIpc) is 2.01. The second kappa shape index (κ2) is 3.87. The van der Waals surface area contributed by atoms with E-state index in [4.69, 9.17) is 11.6 Å². The van der Waals surface area contributed by atoms with Crippen LogP contribution >= 0.6 is 11.6 Å². The fourth-order valence-corrected chi connectivity index (χ4v) is 1.32. The Kier molecular flexibility index (Phi) is 3.03. The van der Waals surface area contributed by atoms with Gasteiger partial charge in [-0.25, -0.2) is 8.78 Å². The molecule has 2 nitrogen and oxygen atoms in total. The van der Waals surface area contributed by atoms with E-state index in [9.17, 15) is 13.6 Å². The van der Waals surface area contributed by atoms with Crippen LogP contribution in [0.15, 0.2) is 10.9 Å². The topological polar surface area (TPSA) is 32.9 Å². The number of aromatic amines is 1. The summed E-state index contributed by atoms with van der Waals surface area (Å²) < 4.78 is 24.7. The van der Waals surface area contributed by atoms with Crippen LogP contribution in [-0.4, -0.2) is 4.98 Å². The van der Waals surface area contributed by atoms with Gasteiger partial charge in [0.05, 0.1) is 11.4 Å². The largest absolute Gasteiger partial charge is 0.361 e. The van der Waals surface area contributed by atoms with Gasteiger partial charge < -0.3 is 4.98 Å². The molecule has 1 heterocycles. The molecular weight excluding hydrogens is 200 g/mol. The molecule has 0 aliphatic rings. The molecule has 0 atom stereocenters. The zero-order valence-corrected chi connectivity index (χ0v) is 7.66. The Labute approximate surface area is 78.5 Å². The number of halogens is 3. The minimum Gasteiger partial charge on any atom is -0.361 e. The second-order valence-corrected chi connectivity index (χ2v) is 2.91. The molecule has 0 radical (unpaired) electrons. The van der Waals surface area contributed by atoms with Crippen LogP contribution in [0.3, 0.4) is 0 Å². The summed E-state index contributed by atoms with van der Waals surface area (Å²) in [5.74, 6) is -0.114. The number of aromatic nitrogens is 1. The van der Waals surface area contributed by atoms with Crippen LogP contribution in [0.1, 0.15) is 23.4 Å². The van der Waals surface area contributed by atoms with Crippen molar-refractivity contribution in [1.82, 2.24) is 4.98 Å². The second-order valence-electron chi connectivity index (χ2n) is 2.64. The van der Waals surface area contributed by atoms with E-state index >= 15 is 0 Å². The third-order valence-electron chi connectivity index (χ3n) is 1.64. The Bertz CT molecular complexity index is 362. The van der Waals surface area contributed by atoms with Crippen molar-refractivity contribution in [2.45, 2.75) is 19.2 Å². The molecule has 0 saturated carbocycles. The summed E-state index contributed by atoms with van der Waals surface area (Å²) in [6.07, 6.45) is -2.78. The lowest BCUT2D eigenvalue weighted by atomic mass is 10.2. The van der Waals surface area contributed by atoms with E-state index < -0.39 is 17.4 Å². The van der Waals surface area contributed by atoms with Gasteiger partial charge in [0.15, 0.2) is 5.43 Å². The Morgan fingerprint density at radius 1 is 1.62 bits per heavy atom. The van der Waals surface area contributed by atoms with E-state index in [1.807, 2.05) is 0 Å². The monoisotopic (exact) mass is 207 g/mol. The number of aryl methyl sites for hydroxylation is 1. The first-order valence-corrected chi connectivity index (χ1v) is 4.16. The maximum absolute atomic E-state index is 12.3. The van der Waals surface area contributed by atoms with Gasteiger partial charge in [-0.2, -0.15) is 0 Å². The van der Waals surface area contributed by atoms with Crippen molar-refractivity contribution in [1.29, 1.82) is 0 Å². The van der Waals surface area contributed by atoms with Gasteiger partial charge in [0, 0.05) is 17.5 Å². The molecule has 1 N–H and O–H groups in total. The normalized spacial score (nSPS) is 10.8. The van der Waals surface area contributed by atoms with E-state index in [0.717, 1.165) is 6.07 Å². The van der Waals surface area contributed by atoms with Crippen LogP contribution in [0.4, 0.5) is 8.78 Å². The van der Waals surface area contributed by atoms with Gasteiger partial charge in [-0.1, -0.05) is 0 Å². The van der Waals surface area contributed by atoms with Gasteiger partial charge >= 0.3 is 0 Å². The Morgan fingerprint density at radius 2 is 2.23 bits per heavy atom. The van der Waals surface area contributed by atoms with Crippen LogP contribution in [0.2, 0.25) is 0 Å². The molecule has 1 aromatic rings. The van der Waals surface area contributed by atoms with Gasteiger partial charge in [-0.15, -0.1) is 11.6 Å². The summed E-state index contributed by atoms with van der Waals surface area (Å²) in [5.41, 5.74) is -0.561. The van der Waals surface area contributed by atoms with Crippen molar-refractivity contribution in [2.75, 3.05) is 0 Å². The number of nitrogens with one attached hydrogen (secondary N) is 1. The summed E-state index contributed by atoms with van der Waals surface area (Å²) in [6, 6.07) is 1.14. The van der Waals surface area contributed by atoms with Gasteiger partial charge in [0.2, 0.25) is 0 Å². The van der Waals surface area contributed by atoms with Crippen molar-refractivity contribution in [3.05, 3.63) is 33.2 Å². The van der Waals surface area contributed by atoms with E-state index in [1.54, 1.807) is 6.92 Å². The molecule has 0 amide bonds. The first-order valence-electron chi connectivity index (χ1n) is 3.63. The highest BCUT2D eigenvalue weighted by Crippen LogP contribution is 2.19. The zero-order chi connectivity index (χ0) is 10.0. The first kappa shape index (κ1) is 10.2. The maximum Gasteiger partial charge on any atom is 0.269 e. The molecule has 1 rings (SSSR count). The van der Waals surface area contributed by atoms with Crippen LogP contribution in [0, 0.1) is 6.92 Å². The van der Waals surface area contributed by atoms with Crippen LogP contribution in [0.5, 0.6) is 0 Å². The summed E-state index contributed by atoms with van der Waals surface area (Å²) in [6.45, 7) is 1.62. The Hall–Kier alpha value is -0.900. The molecule has 0 fully saturated rings. The van der Waals surface area contributed by atoms with E-state index in [2.05, 4.69) is 4.98 Å². The minimum absolute atomic E-state index is 0.0988. The molecule has 5 heteroatoms. The summed E-state index contributed by atoms with van der Waals surface area (Å²) in [4.78, 5) is 13.7. The van der Waals surface area contributed by atoms with E-state index in [1.165, 1.54) is 0 Å². The zero-order valence-electron chi connectivity index (χ0n) is 6.90. The first-order chi connectivity index (χ1) is 6.06. The predicted molar refractivity (Wildman–Crippen MR) is 46.3 cm³/mol. The minimum atomic E-state index is -2.78. The molecule has 0 spiro atoms. The fraction of sp³-hybridized carbons (Fsp3) is 0.375. The lowest BCUT2D eigenvalue weighted by Gasteiger charge is -2.06. The van der Waals surface area contributed by atoms with Crippen LogP contribution < -0.4 is 5.43 Å². The molecule has 0 bridgehead atoms. The molecule has 0 aliphatic heterocycles. The number of rotatable bonds is 2. The van der Waals surface area contributed by atoms with E-state index in [-0.39, 0.29) is 11.6 Å². The van der Waals surface area contributed by atoms with E-state index in [0.29, 0.717) is 5.69 Å². The molecule has 0 aliphatic carbocycles. The van der Waals surface area contributed by atoms with Crippen LogP contribution in [0.25, 0.3) is 0 Å². The number of alkyl halides is 3. The van der Waals surface area contributed by atoms with Gasteiger partial charge in [0.25, 0.3) is 6.43 Å². The molecule has 1 aromatic heterocycles. The maximum atomic E-state index is 12.3. The van der Waals surface area contributed by atoms with Gasteiger partial charge in [-0.3, -0.25) is 4.79 Å². The molecule has 13 heavy (non-hydrogen) atoms. The summed E-state index contributed by atoms with van der Waals surface area (Å²) in [7, 11) is 0. The number of pyridine rings is 1. The highest BCUT2D eigenvalue weighted by atomic mass is 35.5. The lowest BCUT2D eigenvalue weighted by molar-refractivity contribution is 0.148. The number of hydrogen-bond acceptors (Lipinski definition) is 1. The number of hydrogen-bond donors (Lipinski definition) is 1. The van der Waals surface area contributed by atoms with Crippen molar-refractivity contribution in [3.8, 4) is 0 Å². The Morgan fingerprint density at radius 3 is 2.69 bits per heavy atom. The molecule has 0 saturated heterocycles. The van der Waals surface area contributed by atoms with Gasteiger partial charge in [0.1, 0.15) is 0 Å². The molecule has 0 unspecified atom stereocenters. The predicted octanol–water partition coefficient (Wildman–Crippen LogP) is 2.36. The van der Waals surface area contributed by atoms with Crippen molar-refractivity contribution in [3.63, 3.8) is 0 Å². The Balaban J connectivity index is 3.39. The third-order valence-corrected chi connectivity index (χ3v) is 1.91. The summed E-state index contributed by atoms with van der Waals surface area (Å²) >= 11 is 5.42. The van der Waals surface area contributed by atoms with Crippen molar-refractivity contribution < 1.29 is 8.78 Å². The third kappa shape index (κ3) is 2.06. The van der Waals surface area contributed by atoms with Gasteiger partial charge in [-0.05, 0) is 6.92 Å². The number of H-pyrrole nitrogens is 1. The summed E-state index contributed by atoms with van der Waals surface area (Å²) in [5, 5.41) is 0. The average molecular weight is 208 g/mol. The highest BCUT2D eigenvalue weighted by Gasteiger charge is 2.17. The molecular formula is C8H8ClF2NO. The SMILES string of the molecule is Cc1cc(=O)c(C(F)F)c(CCl)[nH]1. The molecule has 72 valence electrons. The van der Waals surface area contributed by atoms with Crippen LogP contribution in [-0.2, 0) is 5.88 Å². The fourth-order valence-electron chi connectivity index (χ4n) is 1.11. The van der Waals surface area contributed by atoms with Crippen molar-refractivity contribution >= 4 is 11.6 Å². The molecule has 0 aromatic carbocycles. The standard InChI is InChI=1S/C8H8ClF2NO/c1-4-2-6(13)7(8(10)11)5(3-9)12-4/h2,8H,3H2,1H3,(H,12,13). The smallest absolute Gasteiger partial charge is 0.269 e. The highest BCUT2D eigenvalue weighted by molar-refractivity contribution is 6.17. The van der Waals surface area contributed by atoms with Crippen molar-refractivity contribution in [2.24, 2.45) is 0 Å². The lowest BCUT2D eigenvalue weighted by Crippen LogP contribution is -2.14. The quantitative estimate of drug-likeness (QED) is 0.742.